The maximum absolute atomic E-state index is 11.4. The molecule has 0 bridgehead atoms. The largest absolute Gasteiger partial charge is 0.408 e. The molecule has 0 saturated carbocycles. The Morgan fingerprint density at radius 2 is 2.10 bits per heavy atom. The zero-order valence-corrected chi connectivity index (χ0v) is 6.09. The summed E-state index contributed by atoms with van der Waals surface area (Å²) in [5.41, 5.74) is 4.99. The van der Waals surface area contributed by atoms with Crippen LogP contribution in [0.5, 0.6) is 0 Å². The lowest BCUT2D eigenvalue weighted by Crippen LogP contribution is -2.16. The fourth-order valence-corrected chi connectivity index (χ4v) is 0.426. The van der Waals surface area contributed by atoms with Gasteiger partial charge in [0, 0.05) is 0 Å². The lowest BCUT2D eigenvalue weighted by molar-refractivity contribution is -0.118. The molecule has 6 heteroatoms. The molecule has 0 heterocycles. The predicted octanol–water partition coefficient (Wildman–Crippen LogP) is 1.23. The Labute approximate surface area is 60.7 Å². The minimum atomic E-state index is -4.25. The summed E-state index contributed by atoms with van der Waals surface area (Å²) < 4.78 is 34.1. The molecular formula is C4H7F3N2S. The molecule has 0 saturated heterocycles. The third kappa shape index (κ3) is 5.74. The molecule has 0 unspecified atom stereocenters. The number of halogens is 3. The van der Waals surface area contributed by atoms with E-state index >= 15 is 0 Å². The van der Waals surface area contributed by atoms with E-state index in [-0.39, 0.29) is 5.17 Å². The lowest BCUT2D eigenvalue weighted by atomic mass is 10.7. The third-order valence-corrected chi connectivity index (χ3v) is 1.17. The van der Waals surface area contributed by atoms with Crippen LogP contribution in [0.15, 0.2) is 4.99 Å². The first kappa shape index (κ1) is 9.61. The standard InChI is InChI=1S/C4H7F3N2S/c1-10-3(8)9-2-4(5,6)7/h2H2,1H3,(H2,8,9). The second-order valence-corrected chi connectivity index (χ2v) is 2.30. The van der Waals surface area contributed by atoms with E-state index in [1.165, 1.54) is 0 Å². The predicted molar refractivity (Wildman–Crippen MR) is 36.1 cm³/mol. The van der Waals surface area contributed by atoms with Gasteiger partial charge in [0.25, 0.3) is 0 Å². The lowest BCUT2D eigenvalue weighted by Gasteiger charge is -2.01. The molecule has 0 aliphatic rings. The Bertz CT molecular complexity index is 131. The number of aliphatic imine (C=N–C) groups is 1. The number of nitrogens with two attached hydrogens (primary N) is 1. The smallest absolute Gasteiger partial charge is 0.379 e. The maximum atomic E-state index is 11.4. The number of hydrogen-bond acceptors (Lipinski definition) is 2. The summed E-state index contributed by atoms with van der Waals surface area (Å²) in [6.45, 7) is -1.19. The molecule has 0 fully saturated rings. The van der Waals surface area contributed by atoms with Gasteiger partial charge < -0.3 is 5.73 Å². The quantitative estimate of drug-likeness (QED) is 0.477. The van der Waals surface area contributed by atoms with E-state index in [1.54, 1.807) is 6.26 Å². The molecule has 60 valence electrons. The van der Waals surface area contributed by atoms with Gasteiger partial charge in [-0.05, 0) is 6.26 Å². The van der Waals surface area contributed by atoms with Gasteiger partial charge in [0.15, 0.2) is 5.17 Å². The molecular weight excluding hydrogens is 165 g/mol. The van der Waals surface area contributed by atoms with Gasteiger partial charge in [-0.15, -0.1) is 0 Å². The zero-order valence-electron chi connectivity index (χ0n) is 5.27. The monoisotopic (exact) mass is 172 g/mol. The topological polar surface area (TPSA) is 38.4 Å². The number of hydrogen-bond donors (Lipinski definition) is 1. The van der Waals surface area contributed by atoms with E-state index in [1.807, 2.05) is 0 Å². The van der Waals surface area contributed by atoms with Crippen LogP contribution in [-0.4, -0.2) is 24.1 Å². The van der Waals surface area contributed by atoms with Crippen molar-refractivity contribution in [2.45, 2.75) is 6.18 Å². The molecule has 0 aromatic carbocycles. The molecule has 2 N–H and O–H groups in total. The molecule has 0 aliphatic carbocycles. The third-order valence-electron chi connectivity index (χ3n) is 0.623. The Hall–Kier alpha value is -0.390. The van der Waals surface area contributed by atoms with Crippen molar-refractivity contribution in [3.05, 3.63) is 0 Å². The normalized spacial score (nSPS) is 13.8. The van der Waals surface area contributed by atoms with Crippen LogP contribution in [0.25, 0.3) is 0 Å². The van der Waals surface area contributed by atoms with Crippen molar-refractivity contribution in [3.8, 4) is 0 Å². The van der Waals surface area contributed by atoms with Crippen molar-refractivity contribution < 1.29 is 13.2 Å². The minimum absolute atomic E-state index is 0.0441. The summed E-state index contributed by atoms with van der Waals surface area (Å²) in [4.78, 5) is 3.05. The van der Waals surface area contributed by atoms with Crippen LogP contribution in [0, 0.1) is 0 Å². The highest BCUT2D eigenvalue weighted by molar-refractivity contribution is 8.13. The molecule has 10 heavy (non-hydrogen) atoms. The second-order valence-electron chi connectivity index (χ2n) is 1.47. The fraction of sp³-hybridized carbons (Fsp3) is 0.750. The molecule has 0 aromatic rings. The van der Waals surface area contributed by atoms with Gasteiger partial charge in [-0.3, -0.25) is 4.99 Å². The van der Waals surface area contributed by atoms with E-state index in [4.69, 9.17) is 5.73 Å². The summed E-state index contributed by atoms with van der Waals surface area (Å²) in [7, 11) is 0. The van der Waals surface area contributed by atoms with Crippen LogP contribution in [0.4, 0.5) is 13.2 Å². The molecule has 0 radical (unpaired) electrons. The molecule has 0 atom stereocenters. The molecule has 0 spiro atoms. The number of amidine groups is 1. The number of nitrogens with zero attached hydrogens (tertiary/aromatic N) is 1. The van der Waals surface area contributed by atoms with E-state index in [0.717, 1.165) is 11.8 Å². The first-order valence-corrected chi connectivity index (χ1v) is 3.59. The highest BCUT2D eigenvalue weighted by Gasteiger charge is 2.26. The summed E-state index contributed by atoms with van der Waals surface area (Å²) in [5, 5.41) is -0.0441. The van der Waals surface area contributed by atoms with Gasteiger partial charge in [0.2, 0.25) is 0 Å². The number of rotatable bonds is 1. The average Bonchev–Trinajstić information content (AvgIpc) is 1.81. The Morgan fingerprint density at radius 3 is 2.40 bits per heavy atom. The van der Waals surface area contributed by atoms with Crippen LogP contribution >= 0.6 is 11.8 Å². The van der Waals surface area contributed by atoms with E-state index < -0.39 is 12.7 Å². The summed E-state index contributed by atoms with van der Waals surface area (Å²) in [5.74, 6) is 0. The highest BCUT2D eigenvalue weighted by Crippen LogP contribution is 2.14. The van der Waals surface area contributed by atoms with Crippen molar-refractivity contribution in [3.63, 3.8) is 0 Å². The van der Waals surface area contributed by atoms with E-state index in [0.29, 0.717) is 0 Å². The average molecular weight is 172 g/mol. The summed E-state index contributed by atoms with van der Waals surface area (Å²) in [6, 6.07) is 0. The molecule has 0 rings (SSSR count). The van der Waals surface area contributed by atoms with Gasteiger partial charge in [0.05, 0.1) is 0 Å². The summed E-state index contributed by atoms with van der Waals surface area (Å²) in [6.07, 6.45) is -2.68. The van der Waals surface area contributed by atoms with Crippen molar-refractivity contribution in [1.29, 1.82) is 0 Å². The van der Waals surface area contributed by atoms with Crippen LogP contribution < -0.4 is 5.73 Å². The number of alkyl halides is 3. The van der Waals surface area contributed by atoms with Crippen molar-refractivity contribution in [1.82, 2.24) is 0 Å². The maximum Gasteiger partial charge on any atom is 0.408 e. The first-order chi connectivity index (χ1) is 4.45. The van der Waals surface area contributed by atoms with Crippen molar-refractivity contribution >= 4 is 16.9 Å². The van der Waals surface area contributed by atoms with Gasteiger partial charge in [-0.2, -0.15) is 13.2 Å². The minimum Gasteiger partial charge on any atom is -0.379 e. The van der Waals surface area contributed by atoms with Gasteiger partial charge in [0.1, 0.15) is 6.54 Å². The molecule has 0 aromatic heterocycles. The van der Waals surface area contributed by atoms with Crippen LogP contribution in [0.1, 0.15) is 0 Å². The van der Waals surface area contributed by atoms with E-state index in [2.05, 4.69) is 4.99 Å². The van der Waals surface area contributed by atoms with Crippen LogP contribution in [0.3, 0.4) is 0 Å². The fourth-order valence-electron chi connectivity index (χ4n) is 0.232. The van der Waals surface area contributed by atoms with Gasteiger partial charge in [-0.25, -0.2) is 0 Å². The first-order valence-electron chi connectivity index (χ1n) is 2.36. The SMILES string of the molecule is CSC(N)=NCC(F)(F)F. The Morgan fingerprint density at radius 1 is 1.60 bits per heavy atom. The van der Waals surface area contributed by atoms with E-state index in [9.17, 15) is 13.2 Å². The van der Waals surface area contributed by atoms with Crippen LogP contribution in [0.2, 0.25) is 0 Å². The zero-order chi connectivity index (χ0) is 8.20. The van der Waals surface area contributed by atoms with Gasteiger partial charge in [-0.1, -0.05) is 11.8 Å². The van der Waals surface area contributed by atoms with Crippen LogP contribution in [-0.2, 0) is 0 Å². The van der Waals surface area contributed by atoms with Gasteiger partial charge >= 0.3 is 6.18 Å². The number of thioether (sulfide) groups is 1. The highest BCUT2D eigenvalue weighted by atomic mass is 32.2. The van der Waals surface area contributed by atoms with Crippen molar-refractivity contribution in [2.24, 2.45) is 10.7 Å². The summed E-state index contributed by atoms with van der Waals surface area (Å²) >= 11 is 0.993. The second kappa shape index (κ2) is 3.70. The Kier molecular flexibility index (Phi) is 3.55. The molecule has 0 aliphatic heterocycles. The van der Waals surface area contributed by atoms with Crippen molar-refractivity contribution in [2.75, 3.05) is 12.8 Å². The molecule has 2 nitrogen and oxygen atoms in total. The molecule has 0 amide bonds. The Balaban J connectivity index is 3.73.